The van der Waals surface area contributed by atoms with Gasteiger partial charge in [-0.05, 0) is 98.4 Å². The van der Waals surface area contributed by atoms with Gasteiger partial charge in [-0.3, -0.25) is 4.79 Å². The van der Waals surface area contributed by atoms with E-state index in [1.54, 1.807) is 6.08 Å². The lowest BCUT2D eigenvalue weighted by Crippen LogP contribution is -2.61. The molecule has 4 aliphatic rings. The number of fused-ring (bicyclic) bond motifs is 5. The second kappa shape index (κ2) is 8.28. The summed E-state index contributed by atoms with van der Waals surface area (Å²) < 4.78 is 0. The minimum absolute atomic E-state index is 0.0702. The van der Waals surface area contributed by atoms with E-state index in [-0.39, 0.29) is 45.4 Å². The number of rotatable bonds is 4. The van der Waals surface area contributed by atoms with Gasteiger partial charge in [-0.2, -0.15) is 0 Å². The zero-order valence-electron chi connectivity index (χ0n) is 22.7. The number of hydrogen-bond acceptors (Lipinski definition) is 4. The second-order valence-corrected chi connectivity index (χ2v) is 13.8. The zero-order chi connectivity index (χ0) is 25.4. The van der Waals surface area contributed by atoms with Crippen molar-refractivity contribution in [3.05, 3.63) is 23.3 Å². The average molecular weight is 473 g/mol. The summed E-state index contributed by atoms with van der Waals surface area (Å²) in [6.07, 6.45) is 7.67. The van der Waals surface area contributed by atoms with Crippen LogP contribution in [0.25, 0.3) is 0 Å². The summed E-state index contributed by atoms with van der Waals surface area (Å²) in [6.45, 7) is 17.2. The summed E-state index contributed by atoms with van der Waals surface area (Å²) in [7, 11) is 0. The molecule has 4 rings (SSSR count). The second-order valence-electron chi connectivity index (χ2n) is 13.8. The number of hydrogen-bond donors (Lipinski definition) is 3. The molecule has 0 aliphatic heterocycles. The van der Waals surface area contributed by atoms with Crippen LogP contribution in [-0.4, -0.2) is 39.4 Å². The van der Waals surface area contributed by atoms with Crippen LogP contribution < -0.4 is 0 Å². The molecular weight excluding hydrogens is 424 g/mol. The Morgan fingerprint density at radius 2 is 1.71 bits per heavy atom. The Morgan fingerprint density at radius 1 is 1.06 bits per heavy atom. The van der Waals surface area contributed by atoms with Crippen molar-refractivity contribution in [1.29, 1.82) is 0 Å². The molecule has 0 radical (unpaired) electrons. The van der Waals surface area contributed by atoms with Crippen LogP contribution in [0.15, 0.2) is 23.3 Å². The molecule has 3 N–H and O–H groups in total. The molecule has 4 heteroatoms. The van der Waals surface area contributed by atoms with E-state index in [0.29, 0.717) is 11.8 Å². The van der Waals surface area contributed by atoms with Gasteiger partial charge in [0.2, 0.25) is 0 Å². The highest BCUT2D eigenvalue weighted by atomic mass is 16.3. The molecule has 3 fully saturated rings. The van der Waals surface area contributed by atoms with Crippen molar-refractivity contribution in [3.63, 3.8) is 0 Å². The van der Waals surface area contributed by atoms with Gasteiger partial charge in [0, 0.05) is 5.41 Å². The van der Waals surface area contributed by atoms with Crippen molar-refractivity contribution in [2.24, 2.45) is 45.3 Å². The van der Waals surface area contributed by atoms with Crippen LogP contribution in [0, 0.1) is 45.3 Å². The Hall–Kier alpha value is -0.970. The van der Waals surface area contributed by atoms with E-state index in [0.717, 1.165) is 44.1 Å². The maximum Gasteiger partial charge on any atom is 0.184 e. The molecule has 0 spiro atoms. The zero-order valence-corrected chi connectivity index (χ0v) is 22.7. The molecule has 4 aliphatic carbocycles. The quantitative estimate of drug-likeness (QED) is 0.375. The Kier molecular flexibility index (Phi) is 6.36. The first kappa shape index (κ1) is 26.1. The Balaban J connectivity index is 1.71. The van der Waals surface area contributed by atoms with Crippen molar-refractivity contribution >= 4 is 5.78 Å². The van der Waals surface area contributed by atoms with E-state index < -0.39 is 12.2 Å². The van der Waals surface area contributed by atoms with E-state index in [4.69, 9.17) is 0 Å². The number of carbonyl (C=O) groups excluding carboxylic acids is 1. The summed E-state index contributed by atoms with van der Waals surface area (Å²) in [5.74, 6) is 0.365. The first-order valence-corrected chi connectivity index (χ1v) is 13.6. The Labute approximate surface area is 206 Å². The average Bonchev–Trinajstić information content (AvgIpc) is 3.03. The first-order valence-electron chi connectivity index (χ1n) is 13.6. The highest BCUT2D eigenvalue weighted by molar-refractivity contribution is 5.94. The largest absolute Gasteiger partial charge is 0.393 e. The van der Waals surface area contributed by atoms with E-state index in [2.05, 4.69) is 40.7 Å². The molecule has 0 aromatic heterocycles. The third-order valence-corrected chi connectivity index (χ3v) is 11.8. The fourth-order valence-electron chi connectivity index (χ4n) is 9.43. The van der Waals surface area contributed by atoms with Crippen LogP contribution in [0.5, 0.6) is 0 Å². The highest BCUT2D eigenvalue weighted by Gasteiger charge is 2.68. The van der Waals surface area contributed by atoms with E-state index in [1.165, 1.54) is 5.57 Å². The van der Waals surface area contributed by atoms with Crippen LogP contribution in [0.1, 0.15) is 93.9 Å². The van der Waals surface area contributed by atoms with Gasteiger partial charge in [-0.15, -0.1) is 0 Å². The number of aliphatic hydroxyl groups is 3. The van der Waals surface area contributed by atoms with Crippen molar-refractivity contribution in [3.8, 4) is 0 Å². The lowest BCUT2D eigenvalue weighted by molar-refractivity contribution is -0.162. The predicted molar refractivity (Wildman–Crippen MR) is 136 cm³/mol. The standard InChI is InChI=1S/C30H48O4/c1-17(2)15-22(31)26(34)18(3)19-11-14-29(7)20-9-10-23-27(4,5)24(32)12-13-28(23,6)21(20)16-25(33)30(19,29)8/h9,15,18-19,21,23-26,32-34H,10-14,16H2,1-8H3/t18-,19+,21+,23+,24+,25-,26+,28-,29-,30-/m1/s1. The van der Waals surface area contributed by atoms with Crippen LogP contribution >= 0.6 is 0 Å². The number of aliphatic hydroxyl groups excluding tert-OH is 3. The van der Waals surface area contributed by atoms with Crippen molar-refractivity contribution in [2.45, 2.75) is 112 Å². The molecular formula is C30H48O4. The van der Waals surface area contributed by atoms with E-state index >= 15 is 0 Å². The fourth-order valence-corrected chi connectivity index (χ4v) is 9.43. The SMILES string of the molecule is CC(C)=CC(=O)[C@@H](O)[C@H](C)[C@@H]1CC[C@]2(C)C3=CC[C@H]4C(C)(C)[C@@H](O)CC[C@]4(C)[C@H]3C[C@@H](O)[C@@]12C. The highest BCUT2D eigenvalue weighted by Crippen LogP contribution is 2.73. The monoisotopic (exact) mass is 472 g/mol. The van der Waals surface area contributed by atoms with Crippen LogP contribution in [0.3, 0.4) is 0 Å². The lowest BCUT2D eigenvalue weighted by atomic mass is 9.40. The van der Waals surface area contributed by atoms with Gasteiger partial charge in [0.1, 0.15) is 6.10 Å². The van der Waals surface area contributed by atoms with Crippen molar-refractivity contribution in [1.82, 2.24) is 0 Å². The molecule has 4 nitrogen and oxygen atoms in total. The predicted octanol–water partition coefficient (Wildman–Crippen LogP) is 5.46. The molecule has 0 heterocycles. The Morgan fingerprint density at radius 3 is 2.32 bits per heavy atom. The first-order chi connectivity index (χ1) is 15.6. The van der Waals surface area contributed by atoms with Crippen LogP contribution in [-0.2, 0) is 4.79 Å². The number of ketones is 1. The lowest BCUT2D eigenvalue weighted by Gasteiger charge is -2.65. The summed E-state index contributed by atoms with van der Waals surface area (Å²) in [5, 5.41) is 33.6. The summed E-state index contributed by atoms with van der Waals surface area (Å²) in [5.41, 5.74) is 1.81. The molecule has 0 amide bonds. The molecule has 10 atom stereocenters. The van der Waals surface area contributed by atoms with Gasteiger partial charge < -0.3 is 15.3 Å². The molecule has 3 saturated carbocycles. The van der Waals surface area contributed by atoms with Crippen molar-refractivity contribution in [2.75, 3.05) is 0 Å². The smallest absolute Gasteiger partial charge is 0.184 e. The Bertz CT molecular complexity index is 897. The minimum Gasteiger partial charge on any atom is -0.393 e. The maximum absolute atomic E-state index is 12.7. The molecule has 0 aromatic rings. The van der Waals surface area contributed by atoms with Crippen LogP contribution in [0.2, 0.25) is 0 Å². The fraction of sp³-hybridized carbons (Fsp3) is 0.833. The molecule has 0 saturated heterocycles. The molecule has 192 valence electrons. The van der Waals surface area contributed by atoms with Crippen molar-refractivity contribution < 1.29 is 20.1 Å². The minimum atomic E-state index is -1.04. The number of allylic oxidation sites excluding steroid dienone is 3. The van der Waals surface area contributed by atoms with E-state index in [9.17, 15) is 20.1 Å². The molecule has 0 bridgehead atoms. The van der Waals surface area contributed by atoms with Gasteiger partial charge in [0.05, 0.1) is 12.2 Å². The molecule has 34 heavy (non-hydrogen) atoms. The number of carbonyl (C=O) groups is 1. The summed E-state index contributed by atoms with van der Waals surface area (Å²) in [4.78, 5) is 12.7. The summed E-state index contributed by atoms with van der Waals surface area (Å²) in [6, 6.07) is 0. The normalized spacial score (nSPS) is 46.9. The third kappa shape index (κ3) is 3.38. The van der Waals surface area contributed by atoms with Gasteiger partial charge in [-0.1, -0.05) is 58.8 Å². The van der Waals surface area contributed by atoms with Gasteiger partial charge >= 0.3 is 0 Å². The van der Waals surface area contributed by atoms with Crippen LogP contribution in [0.4, 0.5) is 0 Å². The van der Waals surface area contributed by atoms with Gasteiger partial charge in [-0.25, -0.2) is 0 Å². The molecule has 0 unspecified atom stereocenters. The topological polar surface area (TPSA) is 77.8 Å². The van der Waals surface area contributed by atoms with E-state index in [1.807, 2.05) is 20.8 Å². The van der Waals surface area contributed by atoms with Gasteiger partial charge in [0.15, 0.2) is 5.78 Å². The van der Waals surface area contributed by atoms with Gasteiger partial charge in [0.25, 0.3) is 0 Å². The molecule has 0 aromatic carbocycles. The maximum atomic E-state index is 12.7. The summed E-state index contributed by atoms with van der Waals surface area (Å²) >= 11 is 0. The third-order valence-electron chi connectivity index (χ3n) is 11.8.